The molecule has 0 fully saturated rings. The predicted molar refractivity (Wildman–Crippen MR) is 47.9 cm³/mol. The zero-order valence-corrected chi connectivity index (χ0v) is 7.11. The number of aromatic hydroxyl groups is 1. The van der Waals surface area contributed by atoms with Gasteiger partial charge >= 0.3 is 0 Å². The molecule has 1 N–H and O–H groups in total. The molecule has 0 amide bonds. The maximum Gasteiger partial charge on any atom is 0.288 e. The van der Waals surface area contributed by atoms with Gasteiger partial charge in [-0.15, -0.1) is 0 Å². The van der Waals surface area contributed by atoms with Crippen LogP contribution in [-0.4, -0.2) is 14.4 Å². The zero-order valence-electron chi connectivity index (χ0n) is 6.30. The Kier molecular flexibility index (Phi) is 1.63. The van der Waals surface area contributed by atoms with E-state index in [0.717, 1.165) is 11.5 Å². The van der Waals surface area contributed by atoms with E-state index in [0.29, 0.717) is 10.1 Å². The molecule has 1 heterocycles. The molecule has 0 aliphatic rings. The molecule has 1 aromatic heterocycles. The molecular formula is C7H4N2O3S. The van der Waals surface area contributed by atoms with Crippen molar-refractivity contribution in [3.05, 3.63) is 28.3 Å². The first-order chi connectivity index (χ1) is 6.20. The van der Waals surface area contributed by atoms with Crippen LogP contribution in [0.15, 0.2) is 18.2 Å². The topological polar surface area (TPSA) is 76.3 Å². The number of fused-ring (bicyclic) bond motifs is 1. The van der Waals surface area contributed by atoms with Crippen molar-refractivity contribution in [1.29, 1.82) is 0 Å². The summed E-state index contributed by atoms with van der Waals surface area (Å²) in [5.41, 5.74) is -0.0182. The summed E-state index contributed by atoms with van der Waals surface area (Å²) in [7, 11) is 0. The number of nitrogens with zero attached hydrogens (tertiary/aromatic N) is 2. The third kappa shape index (κ3) is 1.11. The van der Waals surface area contributed by atoms with Crippen molar-refractivity contribution in [3.63, 3.8) is 0 Å². The van der Waals surface area contributed by atoms with Crippen LogP contribution < -0.4 is 0 Å². The Morgan fingerprint density at radius 2 is 2.31 bits per heavy atom. The summed E-state index contributed by atoms with van der Waals surface area (Å²) in [5, 5.41) is 20.2. The van der Waals surface area contributed by atoms with Gasteiger partial charge in [-0.05, 0) is 17.6 Å². The van der Waals surface area contributed by atoms with Crippen LogP contribution in [-0.2, 0) is 0 Å². The molecule has 1 aromatic carbocycles. The molecule has 2 aromatic rings. The molecule has 2 rings (SSSR count). The molecule has 0 saturated heterocycles. The third-order valence-corrected chi connectivity index (χ3v) is 2.53. The SMILES string of the molecule is O=[N+]([O-])c1cccc2c(O)nsc12. The highest BCUT2D eigenvalue weighted by atomic mass is 32.1. The van der Waals surface area contributed by atoms with Gasteiger partial charge in [0.25, 0.3) is 5.69 Å². The summed E-state index contributed by atoms with van der Waals surface area (Å²) in [6.45, 7) is 0. The zero-order chi connectivity index (χ0) is 9.42. The molecule has 0 aliphatic heterocycles. The molecule has 13 heavy (non-hydrogen) atoms. The average Bonchev–Trinajstić information content (AvgIpc) is 2.48. The Morgan fingerprint density at radius 1 is 1.54 bits per heavy atom. The van der Waals surface area contributed by atoms with E-state index in [1.165, 1.54) is 12.1 Å². The Morgan fingerprint density at radius 3 is 3.00 bits per heavy atom. The van der Waals surface area contributed by atoms with Crippen LogP contribution >= 0.6 is 11.5 Å². The standard InChI is InChI=1S/C7H4N2O3S/c10-7-4-2-1-3-5(9(11)12)6(4)13-8-7/h1-3H,(H,8,10). The minimum absolute atomic E-state index is 0.0182. The van der Waals surface area contributed by atoms with Gasteiger partial charge in [0.1, 0.15) is 4.70 Å². The maximum absolute atomic E-state index is 10.5. The summed E-state index contributed by atoms with van der Waals surface area (Å²) < 4.78 is 4.04. The number of nitro groups is 1. The Bertz CT molecular complexity index is 480. The normalized spacial score (nSPS) is 10.5. The van der Waals surface area contributed by atoms with Gasteiger partial charge in [0.05, 0.1) is 10.3 Å². The van der Waals surface area contributed by atoms with Gasteiger partial charge in [0.2, 0.25) is 5.88 Å². The van der Waals surface area contributed by atoms with Gasteiger partial charge in [-0.3, -0.25) is 10.1 Å². The molecule has 0 bridgehead atoms. The highest BCUT2D eigenvalue weighted by Crippen LogP contribution is 2.33. The lowest BCUT2D eigenvalue weighted by Gasteiger charge is -1.90. The van der Waals surface area contributed by atoms with Crippen LogP contribution in [0.25, 0.3) is 10.1 Å². The Labute approximate surface area is 76.6 Å². The summed E-state index contributed by atoms with van der Waals surface area (Å²) in [4.78, 5) is 10.0. The molecule has 0 saturated carbocycles. The summed E-state index contributed by atoms with van der Waals surface area (Å²) >= 11 is 0.927. The van der Waals surface area contributed by atoms with Gasteiger partial charge in [-0.2, -0.15) is 4.37 Å². The monoisotopic (exact) mass is 196 g/mol. The van der Waals surface area contributed by atoms with E-state index >= 15 is 0 Å². The van der Waals surface area contributed by atoms with Crippen molar-refractivity contribution in [2.75, 3.05) is 0 Å². The molecule has 5 nitrogen and oxygen atoms in total. The van der Waals surface area contributed by atoms with Gasteiger partial charge in [0.15, 0.2) is 0 Å². The van der Waals surface area contributed by atoms with Crippen LogP contribution in [0.2, 0.25) is 0 Å². The molecule has 0 aliphatic carbocycles. The quantitative estimate of drug-likeness (QED) is 0.558. The summed E-state index contributed by atoms with van der Waals surface area (Å²) in [5.74, 6) is -0.149. The number of hydrogen-bond donors (Lipinski definition) is 1. The first-order valence-corrected chi connectivity index (χ1v) is 4.19. The third-order valence-electron chi connectivity index (χ3n) is 1.66. The fraction of sp³-hybridized carbons (Fsp3) is 0. The molecule has 0 unspecified atom stereocenters. The lowest BCUT2D eigenvalue weighted by atomic mass is 10.2. The van der Waals surface area contributed by atoms with Gasteiger partial charge in [-0.1, -0.05) is 6.07 Å². The maximum atomic E-state index is 10.5. The average molecular weight is 196 g/mol. The molecule has 6 heteroatoms. The molecule has 0 radical (unpaired) electrons. The van der Waals surface area contributed by atoms with Crippen molar-refractivity contribution in [1.82, 2.24) is 4.37 Å². The van der Waals surface area contributed by atoms with Crippen LogP contribution in [0, 0.1) is 10.1 Å². The number of benzene rings is 1. The first-order valence-electron chi connectivity index (χ1n) is 3.42. The minimum Gasteiger partial charge on any atom is -0.492 e. The van der Waals surface area contributed by atoms with Gasteiger partial charge in [-0.25, -0.2) is 0 Å². The second-order valence-corrected chi connectivity index (χ2v) is 3.19. The Balaban J connectivity index is 2.84. The number of hydrogen-bond acceptors (Lipinski definition) is 5. The Hall–Kier alpha value is -1.69. The highest BCUT2D eigenvalue weighted by molar-refractivity contribution is 7.14. The molecule has 0 spiro atoms. The van der Waals surface area contributed by atoms with Crippen LogP contribution in [0.4, 0.5) is 5.69 Å². The van der Waals surface area contributed by atoms with Gasteiger partial charge < -0.3 is 5.11 Å². The van der Waals surface area contributed by atoms with Crippen molar-refractivity contribution in [3.8, 4) is 5.88 Å². The molecule has 66 valence electrons. The predicted octanol–water partition coefficient (Wildman–Crippen LogP) is 1.91. The lowest BCUT2D eigenvalue weighted by Crippen LogP contribution is -1.86. The second kappa shape index (κ2) is 2.67. The summed E-state index contributed by atoms with van der Waals surface area (Å²) in [6.07, 6.45) is 0. The van der Waals surface area contributed by atoms with Crippen molar-refractivity contribution in [2.24, 2.45) is 0 Å². The van der Waals surface area contributed by atoms with Crippen molar-refractivity contribution in [2.45, 2.75) is 0 Å². The van der Waals surface area contributed by atoms with Gasteiger partial charge in [0, 0.05) is 6.07 Å². The number of rotatable bonds is 1. The number of nitro benzene ring substituents is 1. The van der Waals surface area contributed by atoms with Crippen LogP contribution in [0.3, 0.4) is 0 Å². The van der Waals surface area contributed by atoms with E-state index < -0.39 is 4.92 Å². The largest absolute Gasteiger partial charge is 0.492 e. The van der Waals surface area contributed by atoms with E-state index in [-0.39, 0.29) is 11.6 Å². The fourth-order valence-electron chi connectivity index (χ4n) is 1.08. The number of non-ortho nitro benzene ring substituents is 1. The molecule has 0 atom stereocenters. The van der Waals surface area contributed by atoms with E-state index in [2.05, 4.69) is 4.37 Å². The van der Waals surface area contributed by atoms with Crippen LogP contribution in [0.1, 0.15) is 0 Å². The van der Waals surface area contributed by atoms with E-state index in [4.69, 9.17) is 0 Å². The molecular weight excluding hydrogens is 192 g/mol. The smallest absolute Gasteiger partial charge is 0.288 e. The van der Waals surface area contributed by atoms with Crippen LogP contribution in [0.5, 0.6) is 5.88 Å². The second-order valence-electron chi connectivity index (χ2n) is 2.42. The van der Waals surface area contributed by atoms with Crippen molar-refractivity contribution >= 4 is 27.3 Å². The highest BCUT2D eigenvalue weighted by Gasteiger charge is 2.15. The lowest BCUT2D eigenvalue weighted by molar-refractivity contribution is -0.382. The number of aromatic nitrogens is 1. The van der Waals surface area contributed by atoms with E-state index in [1.807, 2.05) is 0 Å². The minimum atomic E-state index is -0.486. The van der Waals surface area contributed by atoms with Crippen molar-refractivity contribution < 1.29 is 10.0 Å². The first kappa shape index (κ1) is 7.93. The van der Waals surface area contributed by atoms with E-state index in [1.54, 1.807) is 6.07 Å². The fourth-order valence-corrected chi connectivity index (χ4v) is 1.85. The van der Waals surface area contributed by atoms with E-state index in [9.17, 15) is 15.2 Å². The summed E-state index contributed by atoms with van der Waals surface area (Å²) in [6, 6.07) is 4.51.